The molecule has 3 N–H and O–H groups in total. The zero-order valence-corrected chi connectivity index (χ0v) is 17.7. The van der Waals surface area contributed by atoms with Crippen molar-refractivity contribution in [2.45, 2.75) is 40.2 Å². The maximum Gasteiger partial charge on any atom is 0.330 e. The minimum Gasteiger partial charge on any atom is -0.482 e. The van der Waals surface area contributed by atoms with Gasteiger partial charge < -0.3 is 15.4 Å². The summed E-state index contributed by atoms with van der Waals surface area (Å²) in [5.41, 5.74) is 4.83. The molecule has 1 heterocycles. The highest BCUT2D eigenvalue weighted by molar-refractivity contribution is 6.32. The summed E-state index contributed by atoms with van der Waals surface area (Å²) in [7, 11) is 0. The van der Waals surface area contributed by atoms with Crippen LogP contribution in [-0.2, 0) is 11.3 Å². The van der Waals surface area contributed by atoms with Crippen LogP contribution in [0.3, 0.4) is 0 Å². The van der Waals surface area contributed by atoms with Crippen LogP contribution in [0, 0.1) is 5.92 Å². The monoisotopic (exact) mass is 422 g/mol. The van der Waals surface area contributed by atoms with Gasteiger partial charge in [-0.05, 0) is 24.5 Å². The zero-order chi connectivity index (χ0) is 21.6. The van der Waals surface area contributed by atoms with Gasteiger partial charge in [-0.15, -0.1) is 0 Å². The maximum atomic E-state index is 12.9. The van der Waals surface area contributed by atoms with E-state index in [9.17, 15) is 14.4 Å². The molecule has 0 fully saturated rings. The molecule has 1 aromatic carbocycles. The number of benzene rings is 1. The van der Waals surface area contributed by atoms with Crippen LogP contribution in [0.15, 0.2) is 33.9 Å². The van der Waals surface area contributed by atoms with Gasteiger partial charge in [0.15, 0.2) is 12.3 Å². The smallest absolute Gasteiger partial charge is 0.330 e. The Morgan fingerprint density at radius 1 is 1.31 bits per heavy atom. The number of rotatable bonds is 9. The highest BCUT2D eigenvalue weighted by Gasteiger charge is 2.24. The standard InChI is InChI=1S/C20H27ClN4O4/c1-4-5-10-24(16(26)12-29-15-9-7-6-8-14(15)21)17-18(22)25(11-13(2)3)20(28)23-19(17)27/h6-9,13H,4-5,10-12,22H2,1-3H3,(H,23,27,28). The molecule has 2 rings (SSSR count). The van der Waals surface area contributed by atoms with E-state index in [1.165, 1.54) is 9.47 Å². The van der Waals surface area contributed by atoms with Gasteiger partial charge in [0.25, 0.3) is 11.5 Å². The van der Waals surface area contributed by atoms with E-state index in [1.807, 2.05) is 20.8 Å². The van der Waals surface area contributed by atoms with Crippen molar-refractivity contribution < 1.29 is 9.53 Å². The van der Waals surface area contributed by atoms with Gasteiger partial charge in [0, 0.05) is 13.1 Å². The Kier molecular flexibility index (Phi) is 7.90. The molecule has 2 aromatic rings. The number of amides is 1. The number of nitrogens with zero attached hydrogens (tertiary/aromatic N) is 2. The number of carbonyl (C=O) groups excluding carboxylic acids is 1. The fourth-order valence-electron chi connectivity index (χ4n) is 2.84. The Balaban J connectivity index is 2.38. The summed E-state index contributed by atoms with van der Waals surface area (Å²) in [4.78, 5) is 41.2. The van der Waals surface area contributed by atoms with Crippen LogP contribution in [0.4, 0.5) is 11.5 Å². The summed E-state index contributed by atoms with van der Waals surface area (Å²) in [6.45, 7) is 6.09. The quantitative estimate of drug-likeness (QED) is 0.645. The Morgan fingerprint density at radius 3 is 2.62 bits per heavy atom. The number of halogens is 1. The van der Waals surface area contributed by atoms with Crippen molar-refractivity contribution in [1.29, 1.82) is 0 Å². The first kappa shape index (κ1) is 22.5. The molecule has 1 aromatic heterocycles. The fourth-order valence-corrected chi connectivity index (χ4v) is 3.03. The van der Waals surface area contributed by atoms with E-state index in [4.69, 9.17) is 22.1 Å². The molecular formula is C20H27ClN4O4. The molecule has 0 aliphatic carbocycles. The molecule has 8 nitrogen and oxygen atoms in total. The average Bonchev–Trinajstić information content (AvgIpc) is 2.66. The second kappa shape index (κ2) is 10.2. The van der Waals surface area contributed by atoms with Gasteiger partial charge in [-0.25, -0.2) is 4.79 Å². The third-order valence-electron chi connectivity index (χ3n) is 4.26. The van der Waals surface area contributed by atoms with Crippen LogP contribution in [-0.4, -0.2) is 28.6 Å². The lowest BCUT2D eigenvalue weighted by molar-refractivity contribution is -0.120. The number of nitrogens with one attached hydrogen (secondary N) is 1. The molecule has 0 radical (unpaired) electrons. The lowest BCUT2D eigenvalue weighted by Crippen LogP contribution is -2.43. The molecule has 0 aliphatic rings. The van der Waals surface area contributed by atoms with Crippen molar-refractivity contribution in [2.75, 3.05) is 23.8 Å². The zero-order valence-electron chi connectivity index (χ0n) is 16.9. The number of hydrogen-bond acceptors (Lipinski definition) is 5. The minimum atomic E-state index is -0.699. The van der Waals surface area contributed by atoms with Gasteiger partial charge in [-0.2, -0.15) is 0 Å². The highest BCUT2D eigenvalue weighted by atomic mass is 35.5. The largest absolute Gasteiger partial charge is 0.482 e. The van der Waals surface area contributed by atoms with Crippen LogP contribution in [0.2, 0.25) is 5.02 Å². The van der Waals surface area contributed by atoms with Crippen molar-refractivity contribution in [3.05, 3.63) is 50.1 Å². The first-order valence-corrected chi connectivity index (χ1v) is 9.94. The van der Waals surface area contributed by atoms with Gasteiger partial charge in [0.05, 0.1) is 5.02 Å². The van der Waals surface area contributed by atoms with E-state index in [2.05, 4.69) is 4.98 Å². The predicted octanol–water partition coefficient (Wildman–Crippen LogP) is 2.64. The Morgan fingerprint density at radius 2 is 2.00 bits per heavy atom. The molecule has 0 atom stereocenters. The third-order valence-corrected chi connectivity index (χ3v) is 4.57. The topological polar surface area (TPSA) is 110 Å². The maximum absolute atomic E-state index is 12.9. The molecule has 1 amide bonds. The molecular weight excluding hydrogens is 396 g/mol. The Labute approximate surface area is 174 Å². The van der Waals surface area contributed by atoms with Gasteiger partial charge in [-0.1, -0.05) is 50.9 Å². The molecule has 0 unspecified atom stereocenters. The molecule has 0 saturated heterocycles. The number of aromatic nitrogens is 2. The number of para-hydroxylation sites is 1. The first-order chi connectivity index (χ1) is 13.8. The van der Waals surface area contributed by atoms with Gasteiger partial charge in [0.2, 0.25) is 0 Å². The summed E-state index contributed by atoms with van der Waals surface area (Å²) in [6, 6.07) is 6.80. The van der Waals surface area contributed by atoms with Crippen LogP contribution in [0.25, 0.3) is 0 Å². The number of hydrogen-bond donors (Lipinski definition) is 2. The number of anilines is 2. The highest BCUT2D eigenvalue weighted by Crippen LogP contribution is 2.24. The van der Waals surface area contributed by atoms with E-state index in [0.29, 0.717) is 23.7 Å². The van der Waals surface area contributed by atoms with E-state index in [0.717, 1.165) is 6.42 Å². The van der Waals surface area contributed by atoms with E-state index < -0.39 is 17.2 Å². The predicted molar refractivity (Wildman–Crippen MR) is 115 cm³/mol. The summed E-state index contributed by atoms with van der Waals surface area (Å²) in [5, 5.41) is 0.378. The lowest BCUT2D eigenvalue weighted by atomic mass is 10.2. The van der Waals surface area contributed by atoms with Crippen LogP contribution >= 0.6 is 11.6 Å². The van der Waals surface area contributed by atoms with Crippen molar-refractivity contribution in [3.8, 4) is 5.75 Å². The van der Waals surface area contributed by atoms with Crippen LogP contribution in [0.1, 0.15) is 33.6 Å². The minimum absolute atomic E-state index is 0.0327. The number of nitrogens with two attached hydrogens (primary N) is 1. The molecule has 0 aliphatic heterocycles. The third kappa shape index (κ3) is 5.63. The molecule has 9 heteroatoms. The normalized spacial score (nSPS) is 10.9. The first-order valence-electron chi connectivity index (χ1n) is 9.56. The number of nitrogen functional groups attached to an aromatic ring is 1. The van der Waals surface area contributed by atoms with Gasteiger partial charge in [0.1, 0.15) is 11.6 Å². The van der Waals surface area contributed by atoms with Crippen molar-refractivity contribution in [1.82, 2.24) is 9.55 Å². The summed E-state index contributed by atoms with van der Waals surface area (Å²) >= 11 is 6.06. The van der Waals surface area contributed by atoms with E-state index in [1.54, 1.807) is 24.3 Å². The van der Waals surface area contributed by atoms with E-state index >= 15 is 0 Å². The summed E-state index contributed by atoms with van der Waals surface area (Å²) in [5.74, 6) is 0.00156. The van der Waals surface area contributed by atoms with Crippen molar-refractivity contribution >= 4 is 29.0 Å². The lowest BCUT2D eigenvalue weighted by Gasteiger charge is -2.25. The summed E-state index contributed by atoms with van der Waals surface area (Å²) in [6.07, 6.45) is 1.46. The Hall–Kier alpha value is -2.74. The van der Waals surface area contributed by atoms with Crippen LogP contribution in [0.5, 0.6) is 5.75 Å². The number of ether oxygens (including phenoxy) is 1. The SMILES string of the molecule is CCCCN(C(=O)COc1ccccc1Cl)c1c(N)n(CC(C)C)c(=O)[nH]c1=O. The number of unbranched alkanes of at least 4 members (excludes halogenated alkanes) is 1. The number of carbonyl (C=O) groups is 1. The summed E-state index contributed by atoms with van der Waals surface area (Å²) < 4.78 is 6.81. The molecule has 29 heavy (non-hydrogen) atoms. The molecule has 0 spiro atoms. The van der Waals surface area contributed by atoms with Gasteiger partial charge >= 0.3 is 5.69 Å². The van der Waals surface area contributed by atoms with E-state index in [-0.39, 0.29) is 30.6 Å². The molecule has 158 valence electrons. The van der Waals surface area contributed by atoms with Crippen LogP contribution < -0.4 is 26.6 Å². The second-order valence-electron chi connectivity index (χ2n) is 7.12. The second-order valence-corrected chi connectivity index (χ2v) is 7.52. The molecule has 0 saturated carbocycles. The fraction of sp³-hybridized carbons (Fsp3) is 0.450. The average molecular weight is 423 g/mol. The van der Waals surface area contributed by atoms with Crippen molar-refractivity contribution in [3.63, 3.8) is 0 Å². The number of H-pyrrole nitrogens is 1. The van der Waals surface area contributed by atoms with Gasteiger partial charge in [-0.3, -0.25) is 19.1 Å². The molecule has 0 bridgehead atoms. The number of aromatic amines is 1. The Bertz CT molecular complexity index is 968. The van der Waals surface area contributed by atoms with Crippen molar-refractivity contribution in [2.24, 2.45) is 5.92 Å².